The first kappa shape index (κ1) is 19.8. The van der Waals surface area contributed by atoms with Crippen LogP contribution in [0.2, 0.25) is 0 Å². The zero-order valence-electron chi connectivity index (χ0n) is 16.0. The van der Waals surface area contributed by atoms with Crippen molar-refractivity contribution in [2.45, 2.75) is 13.0 Å². The van der Waals surface area contributed by atoms with Gasteiger partial charge in [-0.1, -0.05) is 6.08 Å². The van der Waals surface area contributed by atoms with Gasteiger partial charge in [0.25, 0.3) is 0 Å². The molecule has 1 saturated heterocycles. The van der Waals surface area contributed by atoms with E-state index in [9.17, 15) is 14.4 Å². The Labute approximate surface area is 162 Å². The molecule has 1 aliphatic rings. The van der Waals surface area contributed by atoms with Crippen LogP contribution in [0.25, 0.3) is 11.0 Å². The molecule has 0 saturated carbocycles. The number of piperazine rings is 1. The van der Waals surface area contributed by atoms with Crippen LogP contribution in [0.5, 0.6) is 0 Å². The Morgan fingerprint density at radius 3 is 2.64 bits per heavy atom. The molecule has 2 amide bonds. The van der Waals surface area contributed by atoms with E-state index < -0.39 is 0 Å². The number of aromatic nitrogens is 2. The summed E-state index contributed by atoms with van der Waals surface area (Å²) in [6, 6.07) is 4.95. The van der Waals surface area contributed by atoms with Gasteiger partial charge in [-0.25, -0.2) is 4.79 Å². The minimum absolute atomic E-state index is 0.0164. The van der Waals surface area contributed by atoms with E-state index in [4.69, 9.17) is 0 Å². The minimum Gasteiger partial charge on any atom is -0.352 e. The highest BCUT2D eigenvalue weighted by Crippen LogP contribution is 2.16. The van der Waals surface area contributed by atoms with Gasteiger partial charge in [-0.2, -0.15) is 0 Å². The topological polar surface area (TPSA) is 113 Å². The van der Waals surface area contributed by atoms with E-state index in [0.29, 0.717) is 42.9 Å². The van der Waals surface area contributed by atoms with Gasteiger partial charge in [0.05, 0.1) is 23.6 Å². The summed E-state index contributed by atoms with van der Waals surface area (Å²) in [4.78, 5) is 45.3. The van der Waals surface area contributed by atoms with Crippen LogP contribution in [0.1, 0.15) is 6.92 Å². The van der Waals surface area contributed by atoms with Crippen LogP contribution in [0.15, 0.2) is 35.6 Å². The third-order valence-electron chi connectivity index (χ3n) is 4.93. The van der Waals surface area contributed by atoms with E-state index >= 15 is 0 Å². The summed E-state index contributed by atoms with van der Waals surface area (Å²) in [7, 11) is 0. The average molecular weight is 386 g/mol. The van der Waals surface area contributed by atoms with E-state index in [0.717, 1.165) is 13.1 Å². The molecule has 0 bridgehead atoms. The largest absolute Gasteiger partial charge is 0.352 e. The van der Waals surface area contributed by atoms with Gasteiger partial charge < -0.3 is 20.6 Å². The van der Waals surface area contributed by atoms with E-state index in [-0.39, 0.29) is 23.5 Å². The number of H-pyrrole nitrogens is 2. The number of aromatic amines is 2. The first-order valence-electron chi connectivity index (χ1n) is 9.33. The number of carbonyl (C=O) groups is 2. The van der Waals surface area contributed by atoms with Gasteiger partial charge in [0, 0.05) is 38.4 Å². The van der Waals surface area contributed by atoms with Crippen molar-refractivity contribution in [1.29, 1.82) is 0 Å². The number of anilines is 1. The summed E-state index contributed by atoms with van der Waals surface area (Å²) in [5.74, 6) is -0.119. The van der Waals surface area contributed by atoms with E-state index in [1.54, 1.807) is 24.3 Å². The van der Waals surface area contributed by atoms with Crippen molar-refractivity contribution in [3.63, 3.8) is 0 Å². The molecule has 1 atom stereocenters. The molecule has 0 aliphatic carbocycles. The second-order valence-electron chi connectivity index (χ2n) is 6.91. The highest BCUT2D eigenvalue weighted by Gasteiger charge is 2.26. The van der Waals surface area contributed by atoms with Gasteiger partial charge in [0.1, 0.15) is 0 Å². The predicted molar refractivity (Wildman–Crippen MR) is 108 cm³/mol. The van der Waals surface area contributed by atoms with Crippen LogP contribution >= 0.6 is 0 Å². The maximum Gasteiger partial charge on any atom is 0.323 e. The highest BCUT2D eigenvalue weighted by molar-refractivity contribution is 5.96. The molecule has 28 heavy (non-hydrogen) atoms. The van der Waals surface area contributed by atoms with Crippen molar-refractivity contribution < 1.29 is 9.59 Å². The number of hydrogen-bond donors (Lipinski definition) is 4. The Hall–Kier alpha value is -2.91. The molecule has 0 unspecified atom stereocenters. The molecule has 9 nitrogen and oxygen atoms in total. The van der Waals surface area contributed by atoms with Crippen molar-refractivity contribution in [3.8, 4) is 0 Å². The highest BCUT2D eigenvalue weighted by atomic mass is 16.2. The van der Waals surface area contributed by atoms with Crippen LogP contribution in [-0.4, -0.2) is 76.9 Å². The summed E-state index contributed by atoms with van der Waals surface area (Å²) in [6.07, 6.45) is 1.65. The van der Waals surface area contributed by atoms with E-state index in [1.807, 2.05) is 6.92 Å². The molecular formula is C19H26N6O3. The summed E-state index contributed by atoms with van der Waals surface area (Å²) in [5.41, 5.74) is 1.71. The zero-order chi connectivity index (χ0) is 20.1. The van der Waals surface area contributed by atoms with Crippen molar-refractivity contribution in [3.05, 3.63) is 41.3 Å². The van der Waals surface area contributed by atoms with E-state index in [2.05, 4.69) is 37.0 Å². The monoisotopic (exact) mass is 386 g/mol. The fourth-order valence-corrected chi connectivity index (χ4v) is 3.28. The summed E-state index contributed by atoms with van der Waals surface area (Å²) >= 11 is 0. The zero-order valence-corrected chi connectivity index (χ0v) is 16.0. The van der Waals surface area contributed by atoms with Gasteiger partial charge in [0.15, 0.2) is 0 Å². The fraction of sp³-hybridized carbons (Fsp3) is 0.421. The number of rotatable bonds is 7. The van der Waals surface area contributed by atoms with Crippen molar-refractivity contribution in [2.24, 2.45) is 0 Å². The molecule has 0 spiro atoms. The number of nitrogens with one attached hydrogen (secondary N) is 4. The Kier molecular flexibility index (Phi) is 6.27. The van der Waals surface area contributed by atoms with Crippen LogP contribution in [0, 0.1) is 0 Å². The molecule has 2 heterocycles. The Morgan fingerprint density at radius 1 is 1.21 bits per heavy atom. The number of nitrogens with zero attached hydrogens (tertiary/aromatic N) is 2. The number of hydrogen-bond acceptors (Lipinski definition) is 5. The number of imidazole rings is 1. The Morgan fingerprint density at radius 2 is 1.93 bits per heavy atom. The summed E-state index contributed by atoms with van der Waals surface area (Å²) in [5, 5.41) is 5.68. The quantitative estimate of drug-likeness (QED) is 0.504. The number of amides is 2. The summed E-state index contributed by atoms with van der Waals surface area (Å²) < 4.78 is 0. The molecule has 1 aromatic heterocycles. The Bertz CT molecular complexity index is 910. The number of fused-ring (bicyclic) bond motifs is 1. The van der Waals surface area contributed by atoms with Gasteiger partial charge >= 0.3 is 5.69 Å². The third-order valence-corrected chi connectivity index (χ3v) is 4.93. The fourth-order valence-electron chi connectivity index (χ4n) is 3.28. The average Bonchev–Trinajstić information content (AvgIpc) is 3.05. The van der Waals surface area contributed by atoms with Gasteiger partial charge in [-0.3, -0.25) is 19.4 Å². The lowest BCUT2D eigenvalue weighted by molar-refractivity contribution is -0.124. The SMILES string of the molecule is C=CCNC(=O)CN1CCN([C@@H](C)C(=O)Nc2ccc3[nH]c(=O)[nH]c3c2)CC1. The first-order valence-corrected chi connectivity index (χ1v) is 9.33. The van der Waals surface area contributed by atoms with Crippen LogP contribution < -0.4 is 16.3 Å². The molecule has 2 aromatic rings. The molecule has 0 radical (unpaired) electrons. The lowest BCUT2D eigenvalue weighted by Crippen LogP contribution is -2.54. The molecule has 9 heteroatoms. The second kappa shape index (κ2) is 8.85. The maximum atomic E-state index is 12.6. The van der Waals surface area contributed by atoms with Gasteiger partial charge in [-0.05, 0) is 25.1 Å². The van der Waals surface area contributed by atoms with Crippen molar-refractivity contribution in [2.75, 3.05) is 44.6 Å². The van der Waals surface area contributed by atoms with Gasteiger partial charge in [-0.15, -0.1) is 6.58 Å². The maximum absolute atomic E-state index is 12.6. The Balaban J connectivity index is 1.50. The smallest absolute Gasteiger partial charge is 0.323 e. The number of benzene rings is 1. The molecule has 4 N–H and O–H groups in total. The summed E-state index contributed by atoms with van der Waals surface area (Å²) in [6.45, 7) is 9.18. The minimum atomic E-state index is -0.294. The van der Waals surface area contributed by atoms with Crippen LogP contribution in [-0.2, 0) is 9.59 Å². The molecular weight excluding hydrogens is 360 g/mol. The molecule has 150 valence electrons. The van der Waals surface area contributed by atoms with Crippen molar-refractivity contribution >= 4 is 28.5 Å². The van der Waals surface area contributed by atoms with Crippen LogP contribution in [0.3, 0.4) is 0 Å². The predicted octanol–water partition coefficient (Wildman–Crippen LogP) is 0.103. The van der Waals surface area contributed by atoms with E-state index in [1.165, 1.54) is 0 Å². The van der Waals surface area contributed by atoms with Crippen LogP contribution in [0.4, 0.5) is 5.69 Å². The molecule has 1 aromatic carbocycles. The lowest BCUT2D eigenvalue weighted by Gasteiger charge is -2.37. The standard InChI is InChI=1S/C19H26N6O3/c1-3-6-20-17(26)12-24-7-9-25(10-8-24)13(2)18(27)21-14-4-5-15-16(11-14)23-19(28)22-15/h3-5,11,13H,1,6-10,12H2,2H3,(H,20,26)(H,21,27)(H2,22,23,28)/t13-/m0/s1. The third kappa shape index (κ3) is 4.87. The lowest BCUT2D eigenvalue weighted by atomic mass is 10.2. The van der Waals surface area contributed by atoms with Crippen molar-refractivity contribution in [1.82, 2.24) is 25.1 Å². The normalized spacial score (nSPS) is 16.6. The second-order valence-corrected chi connectivity index (χ2v) is 6.91. The molecule has 1 fully saturated rings. The van der Waals surface area contributed by atoms with Gasteiger partial charge in [0.2, 0.25) is 11.8 Å². The molecule has 1 aliphatic heterocycles. The molecule has 3 rings (SSSR count). The first-order chi connectivity index (χ1) is 13.5. The number of carbonyl (C=O) groups excluding carboxylic acids is 2.